The molecule has 0 fully saturated rings. The van der Waals surface area contributed by atoms with Crippen LogP contribution in [0.2, 0.25) is 0 Å². The molecular formula is C18H20N2O5S2. The monoisotopic (exact) mass is 408 g/mol. The second-order valence-electron chi connectivity index (χ2n) is 5.23. The number of esters is 2. The third-order valence-electron chi connectivity index (χ3n) is 3.62. The van der Waals surface area contributed by atoms with E-state index in [1.165, 1.54) is 18.8 Å². The molecule has 2 rings (SSSR count). The van der Waals surface area contributed by atoms with Gasteiger partial charge in [-0.05, 0) is 25.3 Å². The lowest BCUT2D eigenvalue weighted by Crippen LogP contribution is -2.20. The minimum Gasteiger partial charge on any atom is -0.462 e. The van der Waals surface area contributed by atoms with Gasteiger partial charge in [0.05, 0.1) is 12.2 Å². The number of thiophene rings is 1. The third-order valence-corrected chi connectivity index (χ3v) is 5.48. The molecule has 1 heterocycles. The molecule has 9 heteroatoms. The second-order valence-corrected chi connectivity index (χ2v) is 7.13. The summed E-state index contributed by atoms with van der Waals surface area (Å²) < 4.78 is 10.4. The Hall–Kier alpha value is -2.52. The molecule has 0 saturated carbocycles. The van der Waals surface area contributed by atoms with Crippen LogP contribution in [0.3, 0.4) is 0 Å². The summed E-state index contributed by atoms with van der Waals surface area (Å²) in [5.41, 5.74) is 6.63. The van der Waals surface area contributed by atoms with Gasteiger partial charge < -0.3 is 20.5 Å². The van der Waals surface area contributed by atoms with E-state index in [2.05, 4.69) is 5.32 Å². The highest BCUT2D eigenvalue weighted by molar-refractivity contribution is 7.98. The van der Waals surface area contributed by atoms with E-state index in [9.17, 15) is 14.4 Å². The molecule has 144 valence electrons. The molecule has 0 spiro atoms. The first-order valence-corrected chi connectivity index (χ1v) is 10.1. The van der Waals surface area contributed by atoms with E-state index in [1.54, 1.807) is 19.1 Å². The van der Waals surface area contributed by atoms with Gasteiger partial charge in [0.1, 0.15) is 22.0 Å². The fourth-order valence-electron chi connectivity index (χ4n) is 2.38. The predicted octanol–water partition coefficient (Wildman–Crippen LogP) is 2.95. The van der Waals surface area contributed by atoms with Crippen LogP contribution in [-0.2, 0) is 16.1 Å². The van der Waals surface area contributed by atoms with Crippen molar-refractivity contribution in [2.45, 2.75) is 18.4 Å². The van der Waals surface area contributed by atoms with Crippen molar-refractivity contribution in [1.82, 2.24) is 5.32 Å². The molecule has 0 bridgehead atoms. The maximum atomic E-state index is 12.5. The van der Waals surface area contributed by atoms with Gasteiger partial charge in [-0.3, -0.25) is 4.79 Å². The number of anilines is 1. The lowest BCUT2D eigenvalue weighted by atomic mass is 10.1. The predicted molar refractivity (Wildman–Crippen MR) is 105 cm³/mol. The Morgan fingerprint density at radius 3 is 2.52 bits per heavy atom. The van der Waals surface area contributed by atoms with Crippen molar-refractivity contribution in [2.75, 3.05) is 25.6 Å². The molecule has 1 aromatic heterocycles. The number of thioether (sulfide) groups is 1. The summed E-state index contributed by atoms with van der Waals surface area (Å²) in [5, 5.41) is 2.63. The average Bonchev–Trinajstić information content (AvgIpc) is 3.01. The number of rotatable bonds is 7. The first-order valence-electron chi connectivity index (χ1n) is 8.05. The lowest BCUT2D eigenvalue weighted by molar-refractivity contribution is 0.0446. The molecule has 0 radical (unpaired) electrons. The van der Waals surface area contributed by atoms with E-state index >= 15 is 0 Å². The van der Waals surface area contributed by atoms with Crippen molar-refractivity contribution in [3.8, 4) is 0 Å². The van der Waals surface area contributed by atoms with Gasteiger partial charge in [0.25, 0.3) is 5.91 Å². The SMILES string of the molecule is CCOC(=O)c1c(N)sc(C(=O)NC)c1COC(=O)c1ccccc1SC. The van der Waals surface area contributed by atoms with Crippen LogP contribution in [-0.4, -0.2) is 37.8 Å². The molecule has 0 saturated heterocycles. The van der Waals surface area contributed by atoms with Crippen molar-refractivity contribution < 1.29 is 23.9 Å². The minimum atomic E-state index is -0.656. The molecule has 0 aliphatic rings. The summed E-state index contributed by atoms with van der Waals surface area (Å²) in [4.78, 5) is 37.9. The molecule has 1 amide bonds. The molecule has 0 unspecified atom stereocenters. The number of hydrogen-bond acceptors (Lipinski definition) is 8. The Kier molecular flexibility index (Phi) is 7.26. The molecule has 7 nitrogen and oxygen atoms in total. The van der Waals surface area contributed by atoms with E-state index in [1.807, 2.05) is 18.4 Å². The topological polar surface area (TPSA) is 108 Å². The standard InChI is InChI=1S/C18H20N2O5S2/c1-4-24-18(23)13-11(14(16(21)20-2)27-15(13)19)9-25-17(22)10-7-5-6-8-12(10)26-3/h5-8H,4,9,19H2,1-3H3,(H,20,21). The highest BCUT2D eigenvalue weighted by Gasteiger charge is 2.27. The minimum absolute atomic E-state index is 0.0615. The molecule has 2 aromatic rings. The van der Waals surface area contributed by atoms with Crippen molar-refractivity contribution in [3.05, 3.63) is 45.8 Å². The van der Waals surface area contributed by atoms with Gasteiger partial charge in [-0.2, -0.15) is 0 Å². The number of hydrogen-bond donors (Lipinski definition) is 2. The van der Waals surface area contributed by atoms with E-state index in [-0.39, 0.29) is 34.2 Å². The fraction of sp³-hybridized carbons (Fsp3) is 0.278. The van der Waals surface area contributed by atoms with Crippen LogP contribution < -0.4 is 11.1 Å². The van der Waals surface area contributed by atoms with E-state index in [4.69, 9.17) is 15.2 Å². The van der Waals surface area contributed by atoms with Crippen LogP contribution >= 0.6 is 23.1 Å². The number of carbonyl (C=O) groups is 3. The molecule has 0 aliphatic heterocycles. The summed E-state index contributed by atoms with van der Waals surface area (Å²) in [7, 11) is 1.47. The summed E-state index contributed by atoms with van der Waals surface area (Å²) in [5.74, 6) is -1.63. The Bertz CT molecular complexity index is 863. The number of ether oxygens (including phenoxy) is 2. The summed E-state index contributed by atoms with van der Waals surface area (Å²) in [6, 6.07) is 7.02. The number of nitrogens with two attached hydrogens (primary N) is 1. The van der Waals surface area contributed by atoms with Crippen LogP contribution in [0.15, 0.2) is 29.2 Å². The maximum Gasteiger partial charge on any atom is 0.341 e. The summed E-state index contributed by atoms with van der Waals surface area (Å²) in [6.45, 7) is 1.55. The van der Waals surface area contributed by atoms with E-state index < -0.39 is 17.8 Å². The van der Waals surface area contributed by atoms with Gasteiger partial charge in [-0.1, -0.05) is 12.1 Å². The average molecular weight is 409 g/mol. The van der Waals surface area contributed by atoms with Crippen molar-refractivity contribution >= 4 is 45.9 Å². The van der Waals surface area contributed by atoms with Crippen LogP contribution in [0.4, 0.5) is 5.00 Å². The normalized spacial score (nSPS) is 10.3. The number of nitrogen functional groups attached to an aromatic ring is 1. The summed E-state index contributed by atoms with van der Waals surface area (Å²) >= 11 is 2.37. The van der Waals surface area contributed by atoms with Crippen LogP contribution in [0.5, 0.6) is 0 Å². The van der Waals surface area contributed by atoms with Crippen LogP contribution in [0, 0.1) is 0 Å². The molecule has 3 N–H and O–H groups in total. The Morgan fingerprint density at radius 1 is 1.19 bits per heavy atom. The van der Waals surface area contributed by atoms with Crippen molar-refractivity contribution in [2.24, 2.45) is 0 Å². The van der Waals surface area contributed by atoms with Crippen LogP contribution in [0.1, 0.15) is 42.9 Å². The number of carbonyl (C=O) groups excluding carboxylic acids is 3. The number of nitrogens with one attached hydrogen (secondary N) is 1. The fourth-order valence-corrected chi connectivity index (χ4v) is 3.97. The summed E-state index contributed by atoms with van der Waals surface area (Å²) in [6.07, 6.45) is 1.86. The van der Waals surface area contributed by atoms with Crippen molar-refractivity contribution in [3.63, 3.8) is 0 Å². The zero-order chi connectivity index (χ0) is 20.0. The van der Waals surface area contributed by atoms with Gasteiger partial charge >= 0.3 is 11.9 Å². The number of benzene rings is 1. The Morgan fingerprint density at radius 2 is 1.89 bits per heavy atom. The third kappa shape index (κ3) is 4.61. The van der Waals surface area contributed by atoms with Gasteiger partial charge in [-0.15, -0.1) is 23.1 Å². The number of amides is 1. The molecule has 27 heavy (non-hydrogen) atoms. The maximum absolute atomic E-state index is 12.5. The highest BCUT2D eigenvalue weighted by Crippen LogP contribution is 2.33. The van der Waals surface area contributed by atoms with Gasteiger partial charge in [0, 0.05) is 17.5 Å². The molecule has 0 atom stereocenters. The van der Waals surface area contributed by atoms with Gasteiger partial charge in [-0.25, -0.2) is 9.59 Å². The van der Waals surface area contributed by atoms with Gasteiger partial charge in [0.2, 0.25) is 0 Å². The molecular weight excluding hydrogens is 388 g/mol. The van der Waals surface area contributed by atoms with E-state index in [0.717, 1.165) is 16.2 Å². The van der Waals surface area contributed by atoms with Crippen molar-refractivity contribution in [1.29, 1.82) is 0 Å². The first kappa shape index (κ1) is 20.8. The Balaban J connectivity index is 2.34. The zero-order valence-corrected chi connectivity index (χ0v) is 16.8. The largest absolute Gasteiger partial charge is 0.462 e. The highest BCUT2D eigenvalue weighted by atomic mass is 32.2. The molecule has 1 aromatic carbocycles. The van der Waals surface area contributed by atoms with E-state index in [0.29, 0.717) is 5.56 Å². The second kappa shape index (κ2) is 9.43. The quantitative estimate of drug-likeness (QED) is 0.536. The smallest absolute Gasteiger partial charge is 0.341 e. The lowest BCUT2D eigenvalue weighted by Gasteiger charge is -2.10. The first-order chi connectivity index (χ1) is 12.9. The van der Waals surface area contributed by atoms with Crippen LogP contribution in [0.25, 0.3) is 0 Å². The zero-order valence-electron chi connectivity index (χ0n) is 15.2. The Labute approximate surface area is 165 Å². The molecule has 0 aliphatic carbocycles. The van der Waals surface area contributed by atoms with Gasteiger partial charge in [0.15, 0.2) is 0 Å².